The first-order valence-corrected chi connectivity index (χ1v) is 15.5. The number of methoxy groups -OCH3 is 2. The molecule has 2 aliphatic heterocycles. The number of nitrogens with zero attached hydrogens (tertiary/aromatic N) is 2. The number of anilines is 6. The predicted molar refractivity (Wildman–Crippen MR) is 182 cm³/mol. The van der Waals surface area contributed by atoms with Gasteiger partial charge in [-0.1, -0.05) is 24.3 Å². The van der Waals surface area contributed by atoms with Crippen LogP contribution in [0.1, 0.15) is 41.4 Å². The number of halogens is 3. The van der Waals surface area contributed by atoms with Gasteiger partial charge in [-0.25, -0.2) is 14.4 Å². The van der Waals surface area contributed by atoms with E-state index in [1.54, 1.807) is 54.6 Å². The maximum atomic E-state index is 12.6. The van der Waals surface area contributed by atoms with Gasteiger partial charge in [0, 0.05) is 6.54 Å². The molecular formula is C36H31F3N4O9. The smallest absolute Gasteiger partial charge is 0.465 e. The Morgan fingerprint density at radius 2 is 1.12 bits per heavy atom. The third-order valence-electron chi connectivity index (χ3n) is 7.90. The molecule has 0 radical (unpaired) electrons. The third kappa shape index (κ3) is 7.81. The van der Waals surface area contributed by atoms with E-state index in [1.807, 2.05) is 17.0 Å². The van der Waals surface area contributed by atoms with Gasteiger partial charge in [0.15, 0.2) is 0 Å². The van der Waals surface area contributed by atoms with E-state index in [1.165, 1.54) is 37.3 Å². The van der Waals surface area contributed by atoms with Crippen LogP contribution in [-0.2, 0) is 19.0 Å². The third-order valence-corrected chi connectivity index (χ3v) is 7.90. The Morgan fingerprint density at radius 1 is 0.673 bits per heavy atom. The largest absolute Gasteiger partial charge is 0.490 e. The van der Waals surface area contributed by atoms with E-state index in [2.05, 4.69) is 20.1 Å². The Labute approximate surface area is 294 Å². The molecule has 16 heteroatoms. The number of benzene rings is 4. The lowest BCUT2D eigenvalue weighted by molar-refractivity contribution is -0.199. The lowest BCUT2D eigenvalue weighted by Crippen LogP contribution is -2.30. The molecule has 2 aliphatic rings. The van der Waals surface area contributed by atoms with Crippen LogP contribution in [0, 0.1) is 0 Å². The number of rotatable bonds is 7. The van der Waals surface area contributed by atoms with Gasteiger partial charge in [-0.05, 0) is 60.7 Å². The van der Waals surface area contributed by atoms with Crippen LogP contribution in [0.15, 0.2) is 84.9 Å². The number of β-amino-alcohol motifs (C(OH)–C–C–N with tert-alkyl or cyclic N) is 1. The first-order valence-electron chi connectivity index (χ1n) is 15.5. The minimum Gasteiger partial charge on any atom is -0.465 e. The van der Waals surface area contributed by atoms with Crippen molar-refractivity contribution in [2.75, 3.05) is 61.0 Å². The first-order chi connectivity index (χ1) is 24.9. The number of aliphatic hydroxyl groups is 1. The number of fused-ring (bicyclic) bond motifs is 4. The van der Waals surface area contributed by atoms with E-state index >= 15 is 0 Å². The van der Waals surface area contributed by atoms with Gasteiger partial charge in [0.1, 0.15) is 6.61 Å². The lowest BCUT2D eigenvalue weighted by atomic mass is 10.1. The Hall–Kier alpha value is -6.42. The predicted octanol–water partition coefficient (Wildman–Crippen LogP) is 5.45. The molecule has 0 bridgehead atoms. The van der Waals surface area contributed by atoms with Gasteiger partial charge in [0.25, 0.3) is 11.8 Å². The van der Waals surface area contributed by atoms with Gasteiger partial charge >= 0.3 is 24.1 Å². The normalized spacial score (nSPS) is 12.9. The van der Waals surface area contributed by atoms with Crippen LogP contribution >= 0.6 is 0 Å². The van der Waals surface area contributed by atoms with Crippen molar-refractivity contribution >= 4 is 63.8 Å². The Kier molecular flexibility index (Phi) is 11.1. The van der Waals surface area contributed by atoms with E-state index in [-0.39, 0.29) is 35.9 Å². The second-order valence-electron chi connectivity index (χ2n) is 11.1. The summed E-state index contributed by atoms with van der Waals surface area (Å²) in [6, 6.07) is 23.0. The molecule has 4 aromatic carbocycles. The highest BCUT2D eigenvalue weighted by Gasteiger charge is 2.41. The fourth-order valence-corrected chi connectivity index (χ4v) is 5.57. The maximum absolute atomic E-state index is 12.6. The number of esters is 3. The van der Waals surface area contributed by atoms with Crippen LogP contribution < -0.4 is 20.4 Å². The molecule has 2 heterocycles. The van der Waals surface area contributed by atoms with Gasteiger partial charge in [0.2, 0.25) is 0 Å². The summed E-state index contributed by atoms with van der Waals surface area (Å²) in [6.45, 7) is -0.464. The van der Waals surface area contributed by atoms with Gasteiger partial charge in [0.05, 0.1) is 83.7 Å². The summed E-state index contributed by atoms with van der Waals surface area (Å²) in [5.41, 5.74) is 4.33. The van der Waals surface area contributed by atoms with Crippen molar-refractivity contribution in [3.05, 3.63) is 107 Å². The molecule has 6 rings (SSSR count). The molecule has 0 atom stereocenters. The Bertz CT molecular complexity index is 2040. The summed E-state index contributed by atoms with van der Waals surface area (Å²) in [7, 11) is 2.52. The fraction of sp³-hybridized carbons (Fsp3) is 0.194. The minimum absolute atomic E-state index is 0.0687. The Morgan fingerprint density at radius 3 is 1.54 bits per heavy atom. The van der Waals surface area contributed by atoms with E-state index in [0.29, 0.717) is 46.1 Å². The molecule has 0 saturated carbocycles. The number of para-hydroxylation sites is 2. The van der Waals surface area contributed by atoms with E-state index in [9.17, 15) is 42.3 Å². The monoisotopic (exact) mass is 720 g/mol. The highest BCUT2D eigenvalue weighted by atomic mass is 19.4. The number of ether oxygens (including phenoxy) is 3. The van der Waals surface area contributed by atoms with E-state index in [0.717, 1.165) is 0 Å². The number of nitrogens with one attached hydrogen (secondary N) is 2. The van der Waals surface area contributed by atoms with Crippen molar-refractivity contribution in [3.8, 4) is 0 Å². The van der Waals surface area contributed by atoms with Crippen LogP contribution in [0.4, 0.5) is 47.3 Å². The number of carbonyl (C=O) groups is 5. The van der Waals surface area contributed by atoms with Crippen LogP contribution in [-0.4, -0.2) is 81.5 Å². The topological polar surface area (TPSA) is 164 Å². The highest BCUT2D eigenvalue weighted by molar-refractivity contribution is 6.14. The SMILES string of the molecule is COC(=O)c1ccc2c(c1)NC(=O)c1ccccc1N2CCO.COC(=O)c1ccc2c(c1)NC(=O)c1ccccc1N2CCOC(=O)C(F)(F)F. The van der Waals surface area contributed by atoms with E-state index in [4.69, 9.17) is 4.74 Å². The van der Waals surface area contributed by atoms with Crippen LogP contribution in [0.5, 0.6) is 0 Å². The summed E-state index contributed by atoms with van der Waals surface area (Å²) < 4.78 is 50.8. The number of amides is 2. The molecule has 4 aromatic rings. The van der Waals surface area contributed by atoms with Crippen LogP contribution in [0.3, 0.4) is 0 Å². The number of carbonyl (C=O) groups excluding carboxylic acids is 5. The molecule has 3 N–H and O–H groups in total. The molecule has 0 aliphatic carbocycles. The number of hydrogen-bond acceptors (Lipinski definition) is 11. The summed E-state index contributed by atoms with van der Waals surface area (Å²) in [5.74, 6) is -4.11. The maximum Gasteiger partial charge on any atom is 0.490 e. The average Bonchev–Trinajstić information content (AvgIpc) is 3.34. The molecule has 13 nitrogen and oxygen atoms in total. The fourth-order valence-electron chi connectivity index (χ4n) is 5.57. The first kappa shape index (κ1) is 36.9. The van der Waals surface area contributed by atoms with Crippen molar-refractivity contribution in [2.24, 2.45) is 0 Å². The van der Waals surface area contributed by atoms with E-state index < -0.39 is 36.6 Å². The average molecular weight is 721 g/mol. The lowest BCUT2D eigenvalue weighted by Gasteiger charge is -2.26. The minimum atomic E-state index is -5.10. The molecule has 2 amide bonds. The van der Waals surface area contributed by atoms with Crippen molar-refractivity contribution in [1.29, 1.82) is 0 Å². The van der Waals surface area contributed by atoms with Crippen LogP contribution in [0.25, 0.3) is 0 Å². The molecule has 0 unspecified atom stereocenters. The number of aliphatic hydroxyl groups excluding tert-OH is 1. The second kappa shape index (κ2) is 15.6. The second-order valence-corrected chi connectivity index (χ2v) is 11.1. The molecule has 52 heavy (non-hydrogen) atoms. The number of hydrogen-bond donors (Lipinski definition) is 3. The van der Waals surface area contributed by atoms with Gasteiger partial charge in [-0.3, -0.25) is 9.59 Å². The van der Waals surface area contributed by atoms with Crippen LogP contribution in [0.2, 0.25) is 0 Å². The molecule has 0 fully saturated rings. The molecule has 0 spiro atoms. The molecule has 0 saturated heterocycles. The summed E-state index contributed by atoms with van der Waals surface area (Å²) >= 11 is 0. The standard InChI is InChI=1S/C19H15F3N2O5.C17H16N2O4/c1-28-17(26)11-6-7-15-13(10-11)23-16(25)12-4-2-3-5-14(12)24(15)8-9-29-18(27)19(20,21)22;1-23-17(22)11-6-7-15-13(10-11)18-16(21)12-4-2-3-5-14(12)19(15)8-9-20/h2-7,10H,8-9H2,1H3,(H,23,25);2-7,10,20H,8-9H2,1H3,(H,18,21). The Balaban J connectivity index is 0.000000206. The highest BCUT2D eigenvalue weighted by Crippen LogP contribution is 2.39. The summed E-state index contributed by atoms with van der Waals surface area (Å²) in [6.07, 6.45) is -5.10. The quantitative estimate of drug-likeness (QED) is 0.164. The van der Waals surface area contributed by atoms with Crippen molar-refractivity contribution < 1.29 is 56.5 Å². The molecular weight excluding hydrogens is 689 g/mol. The molecule has 0 aromatic heterocycles. The zero-order valence-electron chi connectivity index (χ0n) is 27.7. The summed E-state index contributed by atoms with van der Waals surface area (Å²) in [4.78, 5) is 62.9. The van der Waals surface area contributed by atoms with Crippen molar-refractivity contribution in [2.45, 2.75) is 6.18 Å². The zero-order valence-corrected chi connectivity index (χ0v) is 27.7. The van der Waals surface area contributed by atoms with Crippen molar-refractivity contribution in [3.63, 3.8) is 0 Å². The zero-order chi connectivity index (χ0) is 37.6. The number of alkyl halides is 3. The van der Waals surface area contributed by atoms with Gasteiger partial charge in [-0.2, -0.15) is 13.2 Å². The van der Waals surface area contributed by atoms with Crippen molar-refractivity contribution in [1.82, 2.24) is 0 Å². The molecule has 270 valence electrons. The summed E-state index contributed by atoms with van der Waals surface area (Å²) in [5, 5.41) is 14.9. The van der Waals surface area contributed by atoms with Gasteiger partial charge < -0.3 is 39.8 Å². The van der Waals surface area contributed by atoms with Gasteiger partial charge in [-0.15, -0.1) is 0 Å².